The number of fused-ring (bicyclic) bond motifs is 1. The first-order valence-corrected chi connectivity index (χ1v) is 4.95. The van der Waals surface area contributed by atoms with Crippen molar-refractivity contribution < 1.29 is 0 Å². The quantitative estimate of drug-likeness (QED) is 0.810. The highest BCUT2D eigenvalue weighted by atomic mass is 35.5. The summed E-state index contributed by atoms with van der Waals surface area (Å²) in [6, 6.07) is 5.41. The van der Waals surface area contributed by atoms with Gasteiger partial charge in [0.1, 0.15) is 11.6 Å². The summed E-state index contributed by atoms with van der Waals surface area (Å²) in [5.41, 5.74) is 6.64. The van der Waals surface area contributed by atoms with Gasteiger partial charge in [-0.2, -0.15) is 0 Å². The first-order valence-electron chi connectivity index (χ1n) is 4.57. The number of aromatic nitrogens is 2. The van der Waals surface area contributed by atoms with E-state index in [1.807, 2.05) is 13.1 Å². The second kappa shape index (κ2) is 4.00. The monoisotopic (exact) mass is 222 g/mol. The van der Waals surface area contributed by atoms with Crippen molar-refractivity contribution in [3.05, 3.63) is 29.0 Å². The number of hydrogen-bond acceptors (Lipinski definition) is 4. The molecule has 1 aromatic carbocycles. The van der Waals surface area contributed by atoms with Crippen LogP contribution in [0, 0.1) is 0 Å². The number of nitrogen functional groups attached to an aromatic ring is 1. The summed E-state index contributed by atoms with van der Waals surface area (Å²) in [6.07, 6.45) is 0. The Balaban J connectivity index is 2.62. The van der Waals surface area contributed by atoms with Crippen LogP contribution >= 0.6 is 11.6 Å². The van der Waals surface area contributed by atoms with Gasteiger partial charge in [-0.3, -0.25) is 0 Å². The largest absolute Gasteiger partial charge is 0.383 e. The average molecular weight is 223 g/mol. The van der Waals surface area contributed by atoms with E-state index >= 15 is 0 Å². The van der Waals surface area contributed by atoms with E-state index in [4.69, 9.17) is 17.3 Å². The van der Waals surface area contributed by atoms with Crippen LogP contribution in [0.2, 0.25) is 5.02 Å². The van der Waals surface area contributed by atoms with E-state index in [1.165, 1.54) is 0 Å². The van der Waals surface area contributed by atoms with Crippen molar-refractivity contribution in [3.8, 4) is 0 Å². The molecule has 3 N–H and O–H groups in total. The number of nitrogens with zero attached hydrogens (tertiary/aromatic N) is 2. The molecule has 0 amide bonds. The van der Waals surface area contributed by atoms with Crippen molar-refractivity contribution in [2.24, 2.45) is 0 Å². The molecule has 1 heterocycles. The first kappa shape index (κ1) is 10.1. The molecule has 15 heavy (non-hydrogen) atoms. The maximum atomic E-state index is 5.87. The van der Waals surface area contributed by atoms with Crippen molar-refractivity contribution in [1.82, 2.24) is 15.3 Å². The molecule has 2 aromatic rings. The Morgan fingerprint density at radius 1 is 1.40 bits per heavy atom. The van der Waals surface area contributed by atoms with Gasteiger partial charge in [-0.15, -0.1) is 0 Å². The molecular formula is C10H11ClN4. The zero-order valence-corrected chi connectivity index (χ0v) is 9.04. The summed E-state index contributed by atoms with van der Waals surface area (Å²) < 4.78 is 0. The van der Waals surface area contributed by atoms with Gasteiger partial charge in [0, 0.05) is 10.4 Å². The van der Waals surface area contributed by atoms with Gasteiger partial charge in [0.2, 0.25) is 0 Å². The van der Waals surface area contributed by atoms with Gasteiger partial charge < -0.3 is 11.1 Å². The van der Waals surface area contributed by atoms with Crippen molar-refractivity contribution in [2.75, 3.05) is 12.8 Å². The Labute approximate surface area is 92.5 Å². The average Bonchev–Trinajstić information content (AvgIpc) is 2.20. The Morgan fingerprint density at radius 2 is 2.20 bits per heavy atom. The van der Waals surface area contributed by atoms with Gasteiger partial charge in [-0.1, -0.05) is 11.6 Å². The molecule has 0 atom stereocenters. The summed E-state index contributed by atoms with van der Waals surface area (Å²) in [7, 11) is 1.84. The van der Waals surface area contributed by atoms with E-state index in [1.54, 1.807) is 12.1 Å². The number of halogens is 1. The Hall–Kier alpha value is -1.39. The zero-order chi connectivity index (χ0) is 10.8. The topological polar surface area (TPSA) is 63.8 Å². The van der Waals surface area contributed by atoms with Crippen LogP contribution in [0.15, 0.2) is 18.2 Å². The first-order chi connectivity index (χ1) is 7.20. The van der Waals surface area contributed by atoms with Crippen LogP contribution in [-0.2, 0) is 6.54 Å². The van der Waals surface area contributed by atoms with E-state index in [0.717, 1.165) is 10.9 Å². The molecule has 0 saturated heterocycles. The molecule has 0 aliphatic heterocycles. The van der Waals surface area contributed by atoms with Gasteiger partial charge in [-0.25, -0.2) is 9.97 Å². The van der Waals surface area contributed by atoms with Gasteiger partial charge in [0.15, 0.2) is 0 Å². The summed E-state index contributed by atoms with van der Waals surface area (Å²) >= 11 is 5.87. The van der Waals surface area contributed by atoms with Gasteiger partial charge in [-0.05, 0) is 25.2 Å². The Kier molecular flexibility index (Phi) is 2.70. The molecule has 2 rings (SSSR count). The fraction of sp³-hybridized carbons (Fsp3) is 0.200. The minimum absolute atomic E-state index is 0.466. The fourth-order valence-electron chi connectivity index (χ4n) is 1.41. The van der Waals surface area contributed by atoms with E-state index in [2.05, 4.69) is 15.3 Å². The molecular weight excluding hydrogens is 212 g/mol. The predicted molar refractivity (Wildman–Crippen MR) is 61.7 cm³/mol. The number of hydrogen-bond donors (Lipinski definition) is 2. The van der Waals surface area contributed by atoms with E-state index in [9.17, 15) is 0 Å². The zero-order valence-electron chi connectivity index (χ0n) is 8.29. The summed E-state index contributed by atoms with van der Waals surface area (Å²) in [6.45, 7) is 0.600. The fourth-order valence-corrected chi connectivity index (χ4v) is 1.58. The number of anilines is 1. The highest BCUT2D eigenvalue weighted by Gasteiger charge is 2.04. The van der Waals surface area contributed by atoms with Gasteiger partial charge in [0.25, 0.3) is 0 Å². The molecule has 5 heteroatoms. The van der Waals surface area contributed by atoms with E-state index in [0.29, 0.717) is 23.2 Å². The molecule has 4 nitrogen and oxygen atoms in total. The Bertz CT molecular complexity index is 498. The minimum Gasteiger partial charge on any atom is -0.383 e. The van der Waals surface area contributed by atoms with Crippen molar-refractivity contribution in [1.29, 1.82) is 0 Å². The normalized spacial score (nSPS) is 10.8. The molecule has 0 radical (unpaired) electrons. The summed E-state index contributed by atoms with van der Waals surface area (Å²) in [5.74, 6) is 1.15. The van der Waals surface area contributed by atoms with Crippen LogP contribution < -0.4 is 11.1 Å². The molecule has 0 aliphatic carbocycles. The van der Waals surface area contributed by atoms with Crippen molar-refractivity contribution in [2.45, 2.75) is 6.54 Å². The van der Waals surface area contributed by atoms with Crippen LogP contribution in [0.1, 0.15) is 5.82 Å². The molecule has 0 spiro atoms. The number of rotatable bonds is 2. The van der Waals surface area contributed by atoms with Crippen LogP contribution in [0.3, 0.4) is 0 Å². The van der Waals surface area contributed by atoms with E-state index in [-0.39, 0.29) is 0 Å². The SMILES string of the molecule is CNCc1nc(N)c2cc(Cl)ccc2n1. The second-order valence-electron chi connectivity index (χ2n) is 3.22. The Morgan fingerprint density at radius 3 is 2.93 bits per heavy atom. The molecule has 0 aliphatic rings. The minimum atomic E-state index is 0.466. The lowest BCUT2D eigenvalue weighted by Crippen LogP contribution is -2.10. The highest BCUT2D eigenvalue weighted by Crippen LogP contribution is 2.21. The van der Waals surface area contributed by atoms with Crippen LogP contribution in [0.4, 0.5) is 5.82 Å². The standard InChI is InChI=1S/C10H11ClN4/c1-13-5-9-14-8-3-2-6(11)4-7(8)10(12)15-9/h2-4,13H,5H2,1H3,(H2,12,14,15). The highest BCUT2D eigenvalue weighted by molar-refractivity contribution is 6.31. The molecule has 78 valence electrons. The van der Waals surface area contributed by atoms with Crippen LogP contribution in [0.25, 0.3) is 10.9 Å². The number of nitrogens with one attached hydrogen (secondary N) is 1. The van der Waals surface area contributed by atoms with E-state index < -0.39 is 0 Å². The van der Waals surface area contributed by atoms with Crippen molar-refractivity contribution >= 4 is 28.3 Å². The maximum Gasteiger partial charge on any atom is 0.145 e. The number of benzene rings is 1. The lowest BCUT2D eigenvalue weighted by atomic mass is 10.2. The van der Waals surface area contributed by atoms with Gasteiger partial charge in [0.05, 0.1) is 12.1 Å². The maximum absolute atomic E-state index is 5.87. The molecule has 0 fully saturated rings. The summed E-state index contributed by atoms with van der Waals surface area (Å²) in [4.78, 5) is 8.53. The van der Waals surface area contributed by atoms with Gasteiger partial charge >= 0.3 is 0 Å². The van der Waals surface area contributed by atoms with Crippen molar-refractivity contribution in [3.63, 3.8) is 0 Å². The smallest absolute Gasteiger partial charge is 0.145 e. The third kappa shape index (κ3) is 2.00. The second-order valence-corrected chi connectivity index (χ2v) is 3.65. The molecule has 1 aromatic heterocycles. The molecule has 0 saturated carbocycles. The molecule has 0 unspecified atom stereocenters. The number of nitrogens with two attached hydrogens (primary N) is 1. The summed E-state index contributed by atoms with van der Waals surface area (Å²) in [5, 5.41) is 4.41. The molecule has 0 bridgehead atoms. The third-order valence-electron chi connectivity index (χ3n) is 2.07. The lowest BCUT2D eigenvalue weighted by Gasteiger charge is -2.04. The van der Waals surface area contributed by atoms with Crippen LogP contribution in [0.5, 0.6) is 0 Å². The lowest BCUT2D eigenvalue weighted by molar-refractivity contribution is 0.766. The van der Waals surface area contributed by atoms with Crippen LogP contribution in [-0.4, -0.2) is 17.0 Å². The predicted octanol–water partition coefficient (Wildman–Crippen LogP) is 1.58. The third-order valence-corrected chi connectivity index (χ3v) is 2.30.